The molecular formula is C24H24N2O4S. The molecule has 0 spiro atoms. The Morgan fingerprint density at radius 1 is 0.903 bits per heavy atom. The fraction of sp³-hybridized carbons (Fsp3) is 0.208. The molecule has 3 aromatic rings. The highest BCUT2D eigenvalue weighted by atomic mass is 32.1. The van der Waals surface area contributed by atoms with Gasteiger partial charge in [0.2, 0.25) is 5.91 Å². The smallest absolute Gasteiger partial charge is 0.303 e. The highest BCUT2D eigenvalue weighted by Crippen LogP contribution is 2.19. The first-order valence-corrected chi connectivity index (χ1v) is 10.9. The number of carboxylic acid groups (broad SMARTS) is 1. The van der Waals surface area contributed by atoms with Crippen LogP contribution in [0, 0.1) is 0 Å². The van der Waals surface area contributed by atoms with Gasteiger partial charge in [0.15, 0.2) is 0 Å². The molecule has 0 radical (unpaired) electrons. The van der Waals surface area contributed by atoms with Crippen molar-refractivity contribution < 1.29 is 19.5 Å². The summed E-state index contributed by atoms with van der Waals surface area (Å²) in [5.41, 5.74) is 2.43. The molecule has 1 aromatic heterocycles. The van der Waals surface area contributed by atoms with Crippen molar-refractivity contribution in [3.05, 3.63) is 82.6 Å². The molecule has 0 unspecified atom stereocenters. The van der Waals surface area contributed by atoms with Crippen molar-refractivity contribution in [3.63, 3.8) is 0 Å². The Balaban J connectivity index is 1.61. The zero-order chi connectivity index (χ0) is 22.1. The van der Waals surface area contributed by atoms with E-state index in [2.05, 4.69) is 10.6 Å². The number of benzene rings is 2. The molecule has 0 bridgehead atoms. The summed E-state index contributed by atoms with van der Waals surface area (Å²) in [6.45, 7) is 0.421. The normalized spacial score (nSPS) is 11.5. The van der Waals surface area contributed by atoms with E-state index in [0.717, 1.165) is 16.0 Å². The maximum absolute atomic E-state index is 12.7. The summed E-state index contributed by atoms with van der Waals surface area (Å²) in [5.74, 6) is -1.81. The molecule has 0 fully saturated rings. The van der Waals surface area contributed by atoms with Crippen LogP contribution >= 0.6 is 11.3 Å². The summed E-state index contributed by atoms with van der Waals surface area (Å²) < 4.78 is 0. The molecule has 1 atom stereocenters. The first-order valence-electron chi connectivity index (χ1n) is 10.0. The van der Waals surface area contributed by atoms with Gasteiger partial charge in [-0.2, -0.15) is 0 Å². The summed E-state index contributed by atoms with van der Waals surface area (Å²) in [4.78, 5) is 37.4. The fourth-order valence-corrected chi connectivity index (χ4v) is 3.82. The molecular weight excluding hydrogens is 412 g/mol. The van der Waals surface area contributed by atoms with Gasteiger partial charge in [0.1, 0.15) is 6.04 Å². The molecule has 6 nitrogen and oxygen atoms in total. The van der Waals surface area contributed by atoms with Crippen LogP contribution in [0.1, 0.15) is 28.1 Å². The van der Waals surface area contributed by atoms with Gasteiger partial charge in [-0.05, 0) is 47.5 Å². The van der Waals surface area contributed by atoms with Gasteiger partial charge in [-0.3, -0.25) is 14.4 Å². The minimum atomic E-state index is -1.02. The molecule has 0 aliphatic heterocycles. The summed E-state index contributed by atoms with van der Waals surface area (Å²) >= 11 is 1.61. The predicted molar refractivity (Wildman–Crippen MR) is 121 cm³/mol. The van der Waals surface area contributed by atoms with E-state index >= 15 is 0 Å². The molecule has 3 rings (SSSR count). The number of carbonyl (C=O) groups excluding carboxylic acids is 2. The second-order valence-corrected chi connectivity index (χ2v) is 8.05. The van der Waals surface area contributed by atoms with Crippen LogP contribution in [-0.2, 0) is 16.0 Å². The monoisotopic (exact) mass is 436 g/mol. The largest absolute Gasteiger partial charge is 0.481 e. The van der Waals surface area contributed by atoms with E-state index in [1.54, 1.807) is 23.5 Å². The van der Waals surface area contributed by atoms with Crippen LogP contribution in [0.4, 0.5) is 0 Å². The maximum atomic E-state index is 12.7. The van der Waals surface area contributed by atoms with Gasteiger partial charge in [0.05, 0.1) is 0 Å². The van der Waals surface area contributed by atoms with Crippen molar-refractivity contribution >= 4 is 29.1 Å². The molecule has 2 aromatic carbocycles. The standard InChI is InChI=1S/C24H24N2O4S/c27-22(28)13-12-21(24(30)25-15-14-20-7-4-16-31-20)26-23(29)19-10-8-18(9-11-19)17-5-2-1-3-6-17/h1-11,16,21H,12-15H2,(H,25,30)(H,26,29)(H,27,28)/t21-/m0/s1. The van der Waals surface area contributed by atoms with Gasteiger partial charge in [0.25, 0.3) is 5.91 Å². The molecule has 2 amide bonds. The van der Waals surface area contributed by atoms with Crippen molar-refractivity contribution in [1.29, 1.82) is 0 Å². The Bertz CT molecular complexity index is 1000. The van der Waals surface area contributed by atoms with Crippen LogP contribution in [0.25, 0.3) is 11.1 Å². The molecule has 0 saturated heterocycles. The van der Waals surface area contributed by atoms with Gasteiger partial charge in [0, 0.05) is 23.4 Å². The molecule has 0 aliphatic carbocycles. The van der Waals surface area contributed by atoms with Crippen molar-refractivity contribution in [2.24, 2.45) is 0 Å². The summed E-state index contributed by atoms with van der Waals surface area (Å²) in [6, 6.07) is 19.9. The zero-order valence-corrected chi connectivity index (χ0v) is 17.7. The third-order valence-corrected chi connectivity index (χ3v) is 5.71. The zero-order valence-electron chi connectivity index (χ0n) is 16.9. The average molecular weight is 437 g/mol. The lowest BCUT2D eigenvalue weighted by molar-refractivity contribution is -0.137. The Morgan fingerprint density at radius 3 is 2.26 bits per heavy atom. The van der Waals surface area contributed by atoms with E-state index in [4.69, 9.17) is 5.11 Å². The summed E-state index contributed by atoms with van der Waals surface area (Å²) in [5, 5.41) is 16.4. The number of aliphatic carboxylic acids is 1. The van der Waals surface area contributed by atoms with Crippen LogP contribution in [0.3, 0.4) is 0 Å². The number of hydrogen-bond donors (Lipinski definition) is 3. The number of hydrogen-bond acceptors (Lipinski definition) is 4. The lowest BCUT2D eigenvalue weighted by atomic mass is 10.0. The number of carboxylic acids is 1. The fourth-order valence-electron chi connectivity index (χ4n) is 3.11. The second-order valence-electron chi connectivity index (χ2n) is 7.02. The van der Waals surface area contributed by atoms with Gasteiger partial charge < -0.3 is 15.7 Å². The number of thiophene rings is 1. The van der Waals surface area contributed by atoms with Crippen LogP contribution in [0.15, 0.2) is 72.1 Å². The maximum Gasteiger partial charge on any atom is 0.303 e. The first-order chi connectivity index (χ1) is 15.0. The second kappa shape index (κ2) is 11.1. The number of nitrogens with one attached hydrogen (secondary N) is 2. The number of rotatable bonds is 10. The van der Waals surface area contributed by atoms with Gasteiger partial charge >= 0.3 is 5.97 Å². The van der Waals surface area contributed by atoms with Gasteiger partial charge in [-0.1, -0.05) is 48.5 Å². The van der Waals surface area contributed by atoms with Crippen LogP contribution in [-0.4, -0.2) is 35.5 Å². The van der Waals surface area contributed by atoms with E-state index in [1.807, 2.05) is 60.0 Å². The number of carbonyl (C=O) groups is 3. The molecule has 0 saturated carbocycles. The number of amides is 2. The minimum absolute atomic E-state index is 0.0218. The van der Waals surface area contributed by atoms with Crippen LogP contribution in [0.2, 0.25) is 0 Å². The lowest BCUT2D eigenvalue weighted by Crippen LogP contribution is -2.47. The first kappa shape index (κ1) is 22.2. The highest BCUT2D eigenvalue weighted by molar-refractivity contribution is 7.09. The van der Waals surface area contributed by atoms with E-state index in [-0.39, 0.29) is 18.7 Å². The molecule has 3 N–H and O–H groups in total. The van der Waals surface area contributed by atoms with E-state index < -0.39 is 17.9 Å². The van der Waals surface area contributed by atoms with Crippen LogP contribution in [0.5, 0.6) is 0 Å². The lowest BCUT2D eigenvalue weighted by Gasteiger charge is -2.18. The van der Waals surface area contributed by atoms with Gasteiger partial charge in [-0.15, -0.1) is 11.3 Å². The molecule has 7 heteroatoms. The van der Waals surface area contributed by atoms with Crippen molar-refractivity contribution in [2.75, 3.05) is 6.54 Å². The van der Waals surface area contributed by atoms with E-state index in [1.165, 1.54) is 0 Å². The Hall–Kier alpha value is -3.45. The Morgan fingerprint density at radius 2 is 1.61 bits per heavy atom. The van der Waals surface area contributed by atoms with Crippen molar-refractivity contribution in [2.45, 2.75) is 25.3 Å². The molecule has 0 aliphatic rings. The quantitative estimate of drug-likeness (QED) is 0.451. The third-order valence-electron chi connectivity index (χ3n) is 4.77. The van der Waals surface area contributed by atoms with Crippen molar-refractivity contribution in [3.8, 4) is 11.1 Å². The molecule has 160 valence electrons. The van der Waals surface area contributed by atoms with Gasteiger partial charge in [-0.25, -0.2) is 0 Å². The predicted octanol–water partition coefficient (Wildman–Crippen LogP) is 3.74. The topological polar surface area (TPSA) is 95.5 Å². The third kappa shape index (κ3) is 6.79. The minimum Gasteiger partial charge on any atom is -0.481 e. The molecule has 1 heterocycles. The summed E-state index contributed by atoms with van der Waals surface area (Å²) in [7, 11) is 0. The Kier molecular flexibility index (Phi) is 7.95. The highest BCUT2D eigenvalue weighted by Gasteiger charge is 2.22. The SMILES string of the molecule is O=C(O)CC[C@H](NC(=O)c1ccc(-c2ccccc2)cc1)C(=O)NCCc1cccs1. The average Bonchev–Trinajstić information content (AvgIpc) is 3.30. The van der Waals surface area contributed by atoms with E-state index in [0.29, 0.717) is 18.5 Å². The van der Waals surface area contributed by atoms with E-state index in [9.17, 15) is 14.4 Å². The molecule has 31 heavy (non-hydrogen) atoms. The van der Waals surface area contributed by atoms with Crippen molar-refractivity contribution in [1.82, 2.24) is 10.6 Å². The Labute approximate surface area is 184 Å². The van der Waals surface area contributed by atoms with Crippen LogP contribution < -0.4 is 10.6 Å². The summed E-state index contributed by atoms with van der Waals surface area (Å²) in [6.07, 6.45) is 0.494.